The lowest BCUT2D eigenvalue weighted by Gasteiger charge is -2.21. The Morgan fingerprint density at radius 1 is 1.13 bits per heavy atom. The molecule has 4 N–H and O–H groups in total. The highest BCUT2D eigenvalue weighted by Gasteiger charge is 2.32. The number of aromatic nitrogens is 2. The molecule has 1 aromatic heterocycles. The van der Waals surface area contributed by atoms with Crippen molar-refractivity contribution in [1.82, 2.24) is 14.9 Å². The van der Waals surface area contributed by atoms with Crippen molar-refractivity contribution in [3.8, 4) is 0 Å². The average molecular weight is 666 g/mol. The lowest BCUT2D eigenvalue weighted by Crippen LogP contribution is -2.31. The van der Waals surface area contributed by atoms with Crippen molar-refractivity contribution in [3.05, 3.63) is 82.9 Å². The molecule has 0 aliphatic carbocycles. The lowest BCUT2D eigenvalue weighted by atomic mass is 9.91. The third kappa shape index (κ3) is 15.1. The van der Waals surface area contributed by atoms with E-state index in [2.05, 4.69) is 90.1 Å². The summed E-state index contributed by atoms with van der Waals surface area (Å²) in [4.78, 5) is 32.7. The van der Waals surface area contributed by atoms with Crippen LogP contribution in [0.3, 0.4) is 0 Å². The van der Waals surface area contributed by atoms with Gasteiger partial charge in [-0.25, -0.2) is 9.78 Å². The van der Waals surface area contributed by atoms with Gasteiger partial charge in [0, 0.05) is 50.7 Å². The molecular weight excluding hydrogens is 607 g/mol. The third-order valence-corrected chi connectivity index (χ3v) is 9.15. The molecule has 2 unspecified atom stereocenters. The van der Waals surface area contributed by atoms with Crippen LogP contribution >= 0.6 is 11.8 Å². The second kappa shape index (κ2) is 23.2. The van der Waals surface area contributed by atoms with Gasteiger partial charge in [-0.2, -0.15) is 0 Å². The van der Waals surface area contributed by atoms with Crippen molar-refractivity contribution in [2.75, 3.05) is 44.4 Å². The summed E-state index contributed by atoms with van der Waals surface area (Å²) in [7, 11) is 2.15. The molecule has 8 nitrogen and oxygen atoms in total. The maximum absolute atomic E-state index is 11.1. The van der Waals surface area contributed by atoms with Crippen LogP contribution in [0, 0.1) is 6.92 Å². The summed E-state index contributed by atoms with van der Waals surface area (Å²) in [6.45, 7) is 10.1. The zero-order valence-corrected chi connectivity index (χ0v) is 30.2. The second-order valence-electron chi connectivity index (χ2n) is 12.4. The highest BCUT2D eigenvalue weighted by Crippen LogP contribution is 2.34. The molecular formula is C38H59N5O3S. The molecule has 47 heavy (non-hydrogen) atoms. The molecule has 0 saturated carbocycles. The molecule has 1 aliphatic heterocycles. The zero-order chi connectivity index (χ0) is 34.4. The molecule has 0 radical (unpaired) electrons. The van der Waals surface area contributed by atoms with E-state index in [0.717, 1.165) is 69.2 Å². The minimum absolute atomic E-state index is 0.454. The summed E-state index contributed by atoms with van der Waals surface area (Å²) >= 11 is 0.796. The first-order valence-corrected chi connectivity index (χ1v) is 18.5. The smallest absolute Gasteiger partial charge is 0.364 e. The van der Waals surface area contributed by atoms with Gasteiger partial charge in [-0.1, -0.05) is 63.4 Å². The minimum Gasteiger partial charge on any atom is -0.473 e. The van der Waals surface area contributed by atoms with Crippen LogP contribution in [0.2, 0.25) is 0 Å². The van der Waals surface area contributed by atoms with E-state index >= 15 is 0 Å². The van der Waals surface area contributed by atoms with E-state index < -0.39 is 5.30 Å². The standard InChI is InChI=1S/C23H33N3O.C13H22N2.C2H4O2S/c1-3-4-5-6-19-7-8-20(15-18(19)2)21-16-22(26(17-21)13-14-27)9-10-23-24-11-12-25-23;1-3-4-10-15(2)13-7-5-6-12(11-13)8-9-14;1-5-2(3)4/h7-8,11-12,14-15,21-22H,3-6,9-10,13,16-17H2,1-2H3,(H,24,25);5-7,11H,3-4,8-10,14H2,1-2H3;1H3,(H,3,4). The van der Waals surface area contributed by atoms with Crippen LogP contribution in [0.1, 0.15) is 92.8 Å². The largest absolute Gasteiger partial charge is 0.473 e. The van der Waals surface area contributed by atoms with E-state index in [1.807, 2.05) is 6.20 Å². The molecule has 2 heterocycles. The van der Waals surface area contributed by atoms with Crippen LogP contribution in [0.15, 0.2) is 54.9 Å². The van der Waals surface area contributed by atoms with Gasteiger partial charge in [0.1, 0.15) is 12.1 Å². The number of carboxylic acid groups (broad SMARTS) is 1. The molecule has 3 aromatic rings. The predicted molar refractivity (Wildman–Crippen MR) is 199 cm³/mol. The van der Waals surface area contributed by atoms with Gasteiger partial charge in [0.15, 0.2) is 0 Å². The Labute approximate surface area is 287 Å². The first kappa shape index (κ1) is 40.0. The first-order chi connectivity index (χ1) is 22.8. The number of nitrogens with zero attached hydrogens (tertiary/aromatic N) is 3. The highest BCUT2D eigenvalue weighted by molar-refractivity contribution is 8.12. The summed E-state index contributed by atoms with van der Waals surface area (Å²) in [5, 5.41) is 6.86. The Morgan fingerprint density at radius 3 is 2.51 bits per heavy atom. The zero-order valence-electron chi connectivity index (χ0n) is 29.4. The summed E-state index contributed by atoms with van der Waals surface area (Å²) < 4.78 is 0. The number of aryl methyl sites for hydroxylation is 3. The Morgan fingerprint density at radius 2 is 1.89 bits per heavy atom. The number of unbranched alkanes of at least 4 members (excludes halogenated alkanes) is 3. The number of likely N-dealkylation sites (tertiary alicyclic amines) is 1. The number of rotatable bonds is 16. The van der Waals surface area contributed by atoms with Gasteiger partial charge in [-0.05, 0) is 110 Å². The van der Waals surface area contributed by atoms with Gasteiger partial charge in [0.2, 0.25) is 0 Å². The maximum Gasteiger partial charge on any atom is 0.364 e. The van der Waals surface area contributed by atoms with Gasteiger partial charge in [-0.3, -0.25) is 4.90 Å². The number of thioether (sulfide) groups is 1. The SMILES string of the molecule is CCCCCc1ccc(C2CC(CCc3ncc[nH]3)N(CC=O)C2)cc1C.CCCCN(C)c1cccc(CCN)c1.CSC(=O)O. The fraction of sp³-hybridized carbons (Fsp3) is 0.553. The number of benzene rings is 2. The van der Waals surface area contributed by atoms with Crippen LogP contribution in [0.4, 0.5) is 10.5 Å². The highest BCUT2D eigenvalue weighted by atomic mass is 32.2. The van der Waals surface area contributed by atoms with Gasteiger partial charge in [0.25, 0.3) is 0 Å². The van der Waals surface area contributed by atoms with Gasteiger partial charge < -0.3 is 25.5 Å². The van der Waals surface area contributed by atoms with Crippen LogP contribution in [-0.4, -0.2) is 77.1 Å². The number of aromatic amines is 1. The minimum atomic E-state index is -0.829. The molecule has 0 bridgehead atoms. The van der Waals surface area contributed by atoms with Gasteiger partial charge in [-0.15, -0.1) is 0 Å². The van der Waals surface area contributed by atoms with Crippen LogP contribution in [0.5, 0.6) is 0 Å². The van der Waals surface area contributed by atoms with Crippen molar-refractivity contribution in [1.29, 1.82) is 0 Å². The predicted octanol–water partition coefficient (Wildman–Crippen LogP) is 7.89. The molecule has 0 amide bonds. The van der Waals surface area contributed by atoms with E-state index in [1.54, 1.807) is 6.20 Å². The molecule has 1 fully saturated rings. The second-order valence-corrected chi connectivity index (χ2v) is 13.1. The average Bonchev–Trinajstić information content (AvgIpc) is 3.75. The summed E-state index contributed by atoms with van der Waals surface area (Å²) in [6.07, 6.45) is 17.9. The number of anilines is 1. The molecule has 1 saturated heterocycles. The van der Waals surface area contributed by atoms with E-state index in [0.29, 0.717) is 18.5 Å². The van der Waals surface area contributed by atoms with E-state index in [9.17, 15) is 9.59 Å². The normalized spacial score (nSPS) is 15.7. The van der Waals surface area contributed by atoms with Gasteiger partial charge in [0.05, 0.1) is 6.54 Å². The van der Waals surface area contributed by atoms with E-state index in [4.69, 9.17) is 10.8 Å². The maximum atomic E-state index is 11.1. The summed E-state index contributed by atoms with van der Waals surface area (Å²) in [5.74, 6) is 1.56. The fourth-order valence-corrected chi connectivity index (χ4v) is 6.04. The monoisotopic (exact) mass is 665 g/mol. The number of aldehydes is 1. The number of nitrogens with one attached hydrogen (secondary N) is 1. The van der Waals surface area contributed by atoms with Crippen LogP contribution in [0.25, 0.3) is 0 Å². The number of H-pyrrole nitrogens is 1. The van der Waals surface area contributed by atoms with Crippen molar-refractivity contribution >= 4 is 29.0 Å². The number of hydrogen-bond acceptors (Lipinski definition) is 7. The van der Waals surface area contributed by atoms with Crippen molar-refractivity contribution in [2.45, 2.75) is 96.9 Å². The van der Waals surface area contributed by atoms with Gasteiger partial charge >= 0.3 is 5.30 Å². The van der Waals surface area contributed by atoms with E-state index in [1.165, 1.54) is 72.7 Å². The Hall–Kier alpha value is -3.14. The number of imidazole rings is 1. The fourth-order valence-electron chi connectivity index (χ4n) is 6.04. The molecule has 260 valence electrons. The molecule has 2 atom stereocenters. The lowest BCUT2D eigenvalue weighted by molar-refractivity contribution is -0.109. The quantitative estimate of drug-likeness (QED) is 0.105. The molecule has 0 spiro atoms. The van der Waals surface area contributed by atoms with Crippen LogP contribution in [-0.2, 0) is 24.1 Å². The Bertz CT molecular complexity index is 1290. The Kier molecular flexibility index (Phi) is 19.8. The number of hydrogen-bond donors (Lipinski definition) is 3. The topological polar surface area (TPSA) is 116 Å². The molecule has 1 aliphatic rings. The summed E-state index contributed by atoms with van der Waals surface area (Å²) in [5.41, 5.74) is 12.5. The number of carbonyl (C=O) groups is 2. The number of carbonyl (C=O) groups excluding carboxylic acids is 1. The first-order valence-electron chi connectivity index (χ1n) is 17.3. The number of nitrogens with two attached hydrogens (primary N) is 1. The molecule has 2 aromatic carbocycles. The summed E-state index contributed by atoms with van der Waals surface area (Å²) in [6, 6.07) is 16.2. The third-order valence-electron chi connectivity index (χ3n) is 8.80. The van der Waals surface area contributed by atoms with Crippen molar-refractivity contribution in [2.24, 2.45) is 5.73 Å². The van der Waals surface area contributed by atoms with Crippen molar-refractivity contribution in [3.63, 3.8) is 0 Å². The Balaban J connectivity index is 0.000000322. The van der Waals surface area contributed by atoms with E-state index in [-0.39, 0.29) is 0 Å². The van der Waals surface area contributed by atoms with Crippen LogP contribution < -0.4 is 10.6 Å². The molecule has 4 rings (SSSR count). The molecule has 9 heteroatoms. The van der Waals surface area contributed by atoms with Crippen molar-refractivity contribution < 1.29 is 14.7 Å².